The SMILES string of the molecule is CC(C)c1nc(-c2cccc(C(F)(F)F)c2)c(F)c(C(C)C)c1CC(=O)OC(C)(C)C. The molecular formula is C24H29F4NO2. The first-order valence-electron chi connectivity index (χ1n) is 10.2. The molecule has 2 aromatic rings. The van der Waals surface area contributed by atoms with Gasteiger partial charge in [0.1, 0.15) is 11.3 Å². The molecule has 0 saturated carbocycles. The number of pyridine rings is 1. The van der Waals surface area contributed by atoms with Crippen LogP contribution in [0, 0.1) is 5.82 Å². The Morgan fingerprint density at radius 2 is 1.68 bits per heavy atom. The standard InChI is InChI=1S/C24H29F4NO2/c1-13(2)19-17(12-18(30)31-23(5,6)7)21(14(3)4)29-22(20(19)25)15-9-8-10-16(11-15)24(26,27)28/h8-11,13-14H,12H2,1-7H3. The van der Waals surface area contributed by atoms with Crippen LogP contribution in [0.3, 0.4) is 0 Å². The Morgan fingerprint density at radius 3 is 2.16 bits per heavy atom. The van der Waals surface area contributed by atoms with Crippen molar-refractivity contribution in [1.29, 1.82) is 0 Å². The molecule has 0 N–H and O–H groups in total. The second kappa shape index (κ2) is 8.97. The first-order chi connectivity index (χ1) is 14.1. The number of rotatable bonds is 5. The van der Waals surface area contributed by atoms with Gasteiger partial charge in [0.2, 0.25) is 0 Å². The molecule has 1 aromatic heterocycles. The molecule has 0 fully saturated rings. The molecule has 0 amide bonds. The number of esters is 1. The normalized spacial score (nSPS) is 12.5. The van der Waals surface area contributed by atoms with Gasteiger partial charge in [0, 0.05) is 11.3 Å². The van der Waals surface area contributed by atoms with E-state index in [1.54, 1.807) is 34.6 Å². The third-order valence-corrected chi connectivity index (χ3v) is 4.64. The lowest BCUT2D eigenvalue weighted by molar-refractivity contribution is -0.154. The third-order valence-electron chi connectivity index (χ3n) is 4.64. The van der Waals surface area contributed by atoms with E-state index in [0.29, 0.717) is 11.3 Å². The molecule has 1 aromatic carbocycles. The van der Waals surface area contributed by atoms with Gasteiger partial charge in [-0.1, -0.05) is 39.8 Å². The van der Waals surface area contributed by atoms with Crippen LogP contribution in [0.15, 0.2) is 24.3 Å². The number of carbonyl (C=O) groups is 1. The fraction of sp³-hybridized carbons (Fsp3) is 0.500. The highest BCUT2D eigenvalue weighted by Crippen LogP contribution is 2.37. The van der Waals surface area contributed by atoms with E-state index < -0.39 is 29.1 Å². The first-order valence-corrected chi connectivity index (χ1v) is 10.2. The Bertz CT molecular complexity index is 957. The van der Waals surface area contributed by atoms with Crippen LogP contribution < -0.4 is 0 Å². The van der Waals surface area contributed by atoms with E-state index in [1.165, 1.54) is 12.1 Å². The van der Waals surface area contributed by atoms with Crippen molar-refractivity contribution in [2.45, 2.75) is 78.5 Å². The maximum Gasteiger partial charge on any atom is 0.416 e. The van der Waals surface area contributed by atoms with Crippen molar-refractivity contribution in [3.8, 4) is 11.3 Å². The number of carbonyl (C=O) groups excluding carboxylic acids is 1. The van der Waals surface area contributed by atoms with E-state index >= 15 is 4.39 Å². The zero-order chi connectivity index (χ0) is 23.7. The molecule has 0 aliphatic carbocycles. The molecule has 7 heteroatoms. The Kier molecular flexibility index (Phi) is 7.18. The van der Waals surface area contributed by atoms with Crippen LogP contribution in [0.1, 0.15) is 82.7 Å². The lowest BCUT2D eigenvalue weighted by Crippen LogP contribution is -2.26. The Balaban J connectivity index is 2.71. The highest BCUT2D eigenvalue weighted by molar-refractivity contribution is 5.75. The lowest BCUT2D eigenvalue weighted by Gasteiger charge is -2.24. The van der Waals surface area contributed by atoms with Crippen LogP contribution in [-0.2, 0) is 22.1 Å². The van der Waals surface area contributed by atoms with Crippen molar-refractivity contribution in [1.82, 2.24) is 4.98 Å². The van der Waals surface area contributed by atoms with Crippen LogP contribution in [0.5, 0.6) is 0 Å². The molecule has 0 atom stereocenters. The summed E-state index contributed by atoms with van der Waals surface area (Å²) in [7, 11) is 0. The monoisotopic (exact) mass is 439 g/mol. The highest BCUT2D eigenvalue weighted by atomic mass is 19.4. The predicted octanol–water partition coefficient (Wildman–Crippen LogP) is 7.04. The van der Waals surface area contributed by atoms with Crippen LogP contribution in [-0.4, -0.2) is 16.6 Å². The van der Waals surface area contributed by atoms with Gasteiger partial charge >= 0.3 is 12.1 Å². The van der Waals surface area contributed by atoms with Gasteiger partial charge in [0.25, 0.3) is 0 Å². The number of alkyl halides is 3. The number of nitrogens with zero attached hydrogens (tertiary/aromatic N) is 1. The van der Waals surface area contributed by atoms with E-state index in [0.717, 1.165) is 12.1 Å². The maximum atomic E-state index is 15.6. The number of hydrogen-bond donors (Lipinski definition) is 0. The fourth-order valence-corrected chi connectivity index (χ4v) is 3.46. The Labute approximate surface area is 180 Å². The molecule has 0 aliphatic rings. The summed E-state index contributed by atoms with van der Waals surface area (Å²) in [5.41, 5.74) is -0.489. The minimum absolute atomic E-state index is 0.0416. The zero-order valence-corrected chi connectivity index (χ0v) is 18.9. The van der Waals surface area contributed by atoms with Crippen LogP contribution >= 0.6 is 0 Å². The molecule has 170 valence electrons. The topological polar surface area (TPSA) is 39.2 Å². The maximum absolute atomic E-state index is 15.6. The minimum Gasteiger partial charge on any atom is -0.460 e. The summed E-state index contributed by atoms with van der Waals surface area (Å²) in [6.45, 7) is 12.5. The Morgan fingerprint density at radius 1 is 1.06 bits per heavy atom. The summed E-state index contributed by atoms with van der Waals surface area (Å²) in [6.07, 6.45) is -4.71. The average molecular weight is 439 g/mol. The summed E-state index contributed by atoms with van der Waals surface area (Å²) in [5, 5.41) is 0. The summed E-state index contributed by atoms with van der Waals surface area (Å²) in [4.78, 5) is 16.9. The number of ether oxygens (including phenoxy) is 1. The molecule has 31 heavy (non-hydrogen) atoms. The van der Waals surface area contributed by atoms with Crippen molar-refractivity contribution >= 4 is 5.97 Å². The van der Waals surface area contributed by atoms with Gasteiger partial charge in [-0.3, -0.25) is 4.79 Å². The quantitative estimate of drug-likeness (QED) is 0.371. The van der Waals surface area contributed by atoms with Gasteiger partial charge < -0.3 is 4.74 Å². The van der Waals surface area contributed by atoms with Gasteiger partial charge in [-0.15, -0.1) is 0 Å². The van der Waals surface area contributed by atoms with Crippen molar-refractivity contribution in [2.75, 3.05) is 0 Å². The summed E-state index contributed by atoms with van der Waals surface area (Å²) < 4.78 is 60.6. The first kappa shape index (κ1) is 24.8. The molecule has 0 unspecified atom stereocenters. The van der Waals surface area contributed by atoms with Crippen molar-refractivity contribution in [3.63, 3.8) is 0 Å². The molecular weight excluding hydrogens is 410 g/mol. The predicted molar refractivity (Wildman–Crippen MR) is 112 cm³/mol. The molecule has 0 spiro atoms. The van der Waals surface area contributed by atoms with Crippen LogP contribution in [0.2, 0.25) is 0 Å². The van der Waals surface area contributed by atoms with E-state index in [2.05, 4.69) is 4.98 Å². The molecule has 0 bridgehead atoms. The molecule has 2 rings (SSSR count). The van der Waals surface area contributed by atoms with E-state index in [-0.39, 0.29) is 35.1 Å². The molecule has 0 saturated heterocycles. The summed E-state index contributed by atoms with van der Waals surface area (Å²) in [6, 6.07) is 4.47. The second-order valence-electron chi connectivity index (χ2n) is 9.20. The number of halogens is 4. The van der Waals surface area contributed by atoms with Gasteiger partial charge in [-0.25, -0.2) is 9.37 Å². The molecule has 0 aliphatic heterocycles. The van der Waals surface area contributed by atoms with Crippen molar-refractivity contribution in [2.24, 2.45) is 0 Å². The van der Waals surface area contributed by atoms with Crippen molar-refractivity contribution < 1.29 is 27.1 Å². The lowest BCUT2D eigenvalue weighted by atomic mass is 9.88. The van der Waals surface area contributed by atoms with Crippen LogP contribution in [0.4, 0.5) is 17.6 Å². The van der Waals surface area contributed by atoms with E-state index in [4.69, 9.17) is 4.74 Å². The molecule has 3 nitrogen and oxygen atoms in total. The molecule has 1 heterocycles. The van der Waals surface area contributed by atoms with Crippen LogP contribution in [0.25, 0.3) is 11.3 Å². The minimum atomic E-state index is -4.55. The fourth-order valence-electron chi connectivity index (χ4n) is 3.46. The molecule has 0 radical (unpaired) electrons. The largest absolute Gasteiger partial charge is 0.460 e. The smallest absolute Gasteiger partial charge is 0.416 e. The number of benzene rings is 1. The van der Waals surface area contributed by atoms with Gasteiger partial charge in [0.15, 0.2) is 5.82 Å². The Hall–Kier alpha value is -2.44. The van der Waals surface area contributed by atoms with Gasteiger partial charge in [-0.2, -0.15) is 13.2 Å². The summed E-state index contributed by atoms with van der Waals surface area (Å²) >= 11 is 0. The highest BCUT2D eigenvalue weighted by Gasteiger charge is 2.32. The number of aromatic nitrogens is 1. The number of hydrogen-bond acceptors (Lipinski definition) is 3. The second-order valence-corrected chi connectivity index (χ2v) is 9.20. The zero-order valence-electron chi connectivity index (χ0n) is 18.9. The van der Waals surface area contributed by atoms with Gasteiger partial charge in [-0.05, 0) is 55.9 Å². The van der Waals surface area contributed by atoms with Gasteiger partial charge in [0.05, 0.1) is 12.0 Å². The van der Waals surface area contributed by atoms with E-state index in [9.17, 15) is 18.0 Å². The third kappa shape index (κ3) is 6.05. The average Bonchev–Trinajstić information content (AvgIpc) is 2.59. The van der Waals surface area contributed by atoms with Crippen molar-refractivity contribution in [3.05, 3.63) is 52.5 Å². The summed E-state index contributed by atoms with van der Waals surface area (Å²) in [5.74, 6) is -1.72. The van der Waals surface area contributed by atoms with E-state index in [1.807, 2.05) is 13.8 Å².